The number of amides is 2. The van der Waals surface area contributed by atoms with Gasteiger partial charge in [0, 0.05) is 18.7 Å². The first-order valence-corrected chi connectivity index (χ1v) is 9.58. The highest BCUT2D eigenvalue weighted by Crippen LogP contribution is 2.24. The maximum atomic E-state index is 14.0. The van der Waals surface area contributed by atoms with Crippen LogP contribution in [0.3, 0.4) is 0 Å². The fourth-order valence-corrected chi connectivity index (χ4v) is 3.68. The van der Waals surface area contributed by atoms with E-state index in [-0.39, 0.29) is 11.8 Å². The molecule has 1 unspecified atom stereocenters. The Labute approximate surface area is 163 Å². The SMILES string of the molecule is O=C(NCCc1cccc2ccccc12)N1CCOC(c2ccccc2F)C1. The molecule has 1 atom stereocenters. The second-order valence-electron chi connectivity index (χ2n) is 6.95. The van der Waals surface area contributed by atoms with E-state index in [0.717, 1.165) is 6.42 Å². The van der Waals surface area contributed by atoms with Gasteiger partial charge in [0.05, 0.1) is 13.2 Å². The lowest BCUT2D eigenvalue weighted by atomic mass is 10.0. The van der Waals surface area contributed by atoms with E-state index in [1.54, 1.807) is 23.1 Å². The Kier molecular flexibility index (Phi) is 5.53. The topological polar surface area (TPSA) is 41.6 Å². The second-order valence-corrected chi connectivity index (χ2v) is 6.95. The molecule has 1 heterocycles. The van der Waals surface area contributed by atoms with E-state index < -0.39 is 6.10 Å². The molecule has 4 rings (SSSR count). The summed E-state index contributed by atoms with van der Waals surface area (Å²) in [5, 5.41) is 5.40. The van der Waals surface area contributed by atoms with Gasteiger partial charge in [0.25, 0.3) is 0 Å². The minimum absolute atomic E-state index is 0.134. The van der Waals surface area contributed by atoms with Crippen LogP contribution in [0, 0.1) is 5.82 Å². The fraction of sp³-hybridized carbons (Fsp3) is 0.261. The molecular formula is C23H23FN2O2. The molecule has 1 aliphatic rings. The number of nitrogens with one attached hydrogen (secondary N) is 1. The number of ether oxygens (including phenoxy) is 1. The summed E-state index contributed by atoms with van der Waals surface area (Å²) < 4.78 is 19.7. The smallest absolute Gasteiger partial charge is 0.317 e. The Hall–Kier alpha value is -2.92. The summed E-state index contributed by atoms with van der Waals surface area (Å²) in [5.41, 5.74) is 1.71. The lowest BCUT2D eigenvalue weighted by Gasteiger charge is -2.33. The zero-order valence-electron chi connectivity index (χ0n) is 15.6. The van der Waals surface area contributed by atoms with Crippen LogP contribution in [0.4, 0.5) is 9.18 Å². The Morgan fingerprint density at radius 2 is 1.86 bits per heavy atom. The van der Waals surface area contributed by atoms with E-state index in [0.29, 0.717) is 31.8 Å². The summed E-state index contributed by atoms with van der Waals surface area (Å²) in [7, 11) is 0. The minimum atomic E-state index is -0.432. The molecule has 1 saturated heterocycles. The summed E-state index contributed by atoms with van der Waals surface area (Å²) in [6, 6.07) is 20.9. The Balaban J connectivity index is 1.35. The highest BCUT2D eigenvalue weighted by molar-refractivity contribution is 5.85. The van der Waals surface area contributed by atoms with Gasteiger partial charge >= 0.3 is 6.03 Å². The monoisotopic (exact) mass is 378 g/mol. The number of carbonyl (C=O) groups is 1. The predicted molar refractivity (Wildman–Crippen MR) is 108 cm³/mol. The number of halogens is 1. The molecule has 4 nitrogen and oxygen atoms in total. The van der Waals surface area contributed by atoms with E-state index in [9.17, 15) is 9.18 Å². The molecule has 2 amide bonds. The number of carbonyl (C=O) groups excluding carboxylic acids is 1. The van der Waals surface area contributed by atoms with Crippen LogP contribution in [0.15, 0.2) is 66.7 Å². The van der Waals surface area contributed by atoms with E-state index in [1.807, 2.05) is 18.2 Å². The van der Waals surface area contributed by atoms with Gasteiger partial charge in [0.1, 0.15) is 11.9 Å². The van der Waals surface area contributed by atoms with E-state index >= 15 is 0 Å². The molecule has 0 bridgehead atoms. The van der Waals surface area contributed by atoms with Gasteiger partial charge < -0.3 is 15.0 Å². The second kappa shape index (κ2) is 8.40. The van der Waals surface area contributed by atoms with Gasteiger partial charge in [-0.05, 0) is 28.8 Å². The molecule has 3 aromatic carbocycles. The van der Waals surface area contributed by atoms with Crippen molar-refractivity contribution in [2.45, 2.75) is 12.5 Å². The van der Waals surface area contributed by atoms with E-state index in [1.165, 1.54) is 22.4 Å². The van der Waals surface area contributed by atoms with E-state index in [4.69, 9.17) is 4.74 Å². The van der Waals surface area contributed by atoms with Crippen LogP contribution < -0.4 is 5.32 Å². The number of morpholine rings is 1. The van der Waals surface area contributed by atoms with Gasteiger partial charge in [-0.1, -0.05) is 60.7 Å². The first-order chi connectivity index (χ1) is 13.7. The van der Waals surface area contributed by atoms with Crippen LogP contribution in [0.2, 0.25) is 0 Å². The third-order valence-electron chi connectivity index (χ3n) is 5.16. The number of hydrogen-bond acceptors (Lipinski definition) is 2. The van der Waals surface area contributed by atoms with Crippen molar-refractivity contribution in [3.63, 3.8) is 0 Å². The van der Waals surface area contributed by atoms with Crippen molar-refractivity contribution in [3.05, 3.63) is 83.7 Å². The van der Waals surface area contributed by atoms with Crippen LogP contribution >= 0.6 is 0 Å². The van der Waals surface area contributed by atoms with Crippen LogP contribution in [0.25, 0.3) is 10.8 Å². The molecule has 1 fully saturated rings. The first kappa shape index (κ1) is 18.4. The first-order valence-electron chi connectivity index (χ1n) is 9.58. The highest BCUT2D eigenvalue weighted by Gasteiger charge is 2.26. The van der Waals surface area contributed by atoms with E-state index in [2.05, 4.69) is 29.6 Å². The third kappa shape index (κ3) is 3.99. The molecule has 0 saturated carbocycles. The lowest BCUT2D eigenvalue weighted by Crippen LogP contribution is -2.47. The molecule has 28 heavy (non-hydrogen) atoms. The van der Waals surface area contributed by atoms with Crippen molar-refractivity contribution in [2.75, 3.05) is 26.2 Å². The molecule has 1 aliphatic heterocycles. The molecule has 0 aliphatic carbocycles. The van der Waals surface area contributed by atoms with Crippen molar-refractivity contribution < 1.29 is 13.9 Å². The highest BCUT2D eigenvalue weighted by atomic mass is 19.1. The van der Waals surface area contributed by atoms with Crippen LogP contribution in [0.5, 0.6) is 0 Å². The van der Waals surface area contributed by atoms with Gasteiger partial charge in [-0.2, -0.15) is 0 Å². The molecule has 144 valence electrons. The molecule has 5 heteroatoms. The standard InChI is InChI=1S/C23H23FN2O2/c24-21-11-4-3-10-20(21)22-16-26(14-15-28-22)23(27)25-13-12-18-8-5-7-17-6-1-2-9-19(17)18/h1-11,22H,12-16H2,(H,25,27). The average molecular weight is 378 g/mol. The number of benzene rings is 3. The number of fused-ring (bicyclic) bond motifs is 1. The summed E-state index contributed by atoms with van der Waals surface area (Å²) in [5.74, 6) is -0.300. The molecule has 0 radical (unpaired) electrons. The summed E-state index contributed by atoms with van der Waals surface area (Å²) in [6.45, 7) is 1.80. The molecule has 0 spiro atoms. The quantitative estimate of drug-likeness (QED) is 0.735. The summed E-state index contributed by atoms with van der Waals surface area (Å²) >= 11 is 0. The number of urea groups is 1. The Bertz CT molecular complexity index is 970. The van der Waals surface area contributed by atoms with Crippen LogP contribution in [-0.4, -0.2) is 37.2 Å². The van der Waals surface area contributed by atoms with Crippen molar-refractivity contribution in [1.82, 2.24) is 10.2 Å². The number of hydrogen-bond donors (Lipinski definition) is 1. The maximum absolute atomic E-state index is 14.0. The molecule has 3 aromatic rings. The number of rotatable bonds is 4. The minimum Gasteiger partial charge on any atom is -0.370 e. The molecule has 0 aromatic heterocycles. The Morgan fingerprint density at radius 1 is 1.07 bits per heavy atom. The number of nitrogens with zero attached hydrogens (tertiary/aromatic N) is 1. The largest absolute Gasteiger partial charge is 0.370 e. The van der Waals surface area contributed by atoms with Gasteiger partial charge in [0.15, 0.2) is 0 Å². The zero-order chi connectivity index (χ0) is 19.3. The van der Waals surface area contributed by atoms with Crippen molar-refractivity contribution in [1.29, 1.82) is 0 Å². The van der Waals surface area contributed by atoms with Crippen LogP contribution in [-0.2, 0) is 11.2 Å². The molecular weight excluding hydrogens is 355 g/mol. The van der Waals surface area contributed by atoms with Crippen molar-refractivity contribution in [3.8, 4) is 0 Å². The van der Waals surface area contributed by atoms with Crippen molar-refractivity contribution >= 4 is 16.8 Å². The predicted octanol–water partition coefficient (Wildman–Crippen LogP) is 4.30. The summed E-state index contributed by atoms with van der Waals surface area (Å²) in [6.07, 6.45) is 0.326. The van der Waals surface area contributed by atoms with Gasteiger partial charge in [-0.15, -0.1) is 0 Å². The average Bonchev–Trinajstić information content (AvgIpc) is 2.74. The summed E-state index contributed by atoms with van der Waals surface area (Å²) in [4.78, 5) is 14.3. The Morgan fingerprint density at radius 3 is 2.75 bits per heavy atom. The fourth-order valence-electron chi connectivity index (χ4n) is 3.68. The van der Waals surface area contributed by atoms with Crippen LogP contribution in [0.1, 0.15) is 17.2 Å². The zero-order valence-corrected chi connectivity index (χ0v) is 15.6. The van der Waals surface area contributed by atoms with Crippen molar-refractivity contribution in [2.24, 2.45) is 0 Å². The molecule has 1 N–H and O–H groups in total. The third-order valence-corrected chi connectivity index (χ3v) is 5.16. The lowest BCUT2D eigenvalue weighted by molar-refractivity contribution is -0.0170. The van der Waals surface area contributed by atoms with Gasteiger partial charge in [-0.25, -0.2) is 9.18 Å². The maximum Gasteiger partial charge on any atom is 0.317 e. The van der Waals surface area contributed by atoms with Gasteiger partial charge in [0.2, 0.25) is 0 Å². The van der Waals surface area contributed by atoms with Gasteiger partial charge in [-0.3, -0.25) is 0 Å². The normalized spacial score (nSPS) is 16.9.